The van der Waals surface area contributed by atoms with Crippen LogP contribution in [0.3, 0.4) is 0 Å². The number of aromatic nitrogens is 2. The number of anilines is 1. The topological polar surface area (TPSA) is 75.6 Å². The average Bonchev–Trinajstić information content (AvgIpc) is 3.25. The van der Waals surface area contributed by atoms with Crippen LogP contribution in [-0.2, 0) is 20.7 Å². The number of methoxy groups -OCH3 is 1. The van der Waals surface area contributed by atoms with Gasteiger partial charge in [-0.3, -0.25) is 14.5 Å². The molecular weight excluding hydrogens is 380 g/mol. The molecule has 1 aromatic heterocycles. The second kappa shape index (κ2) is 9.41. The second-order valence-electron chi connectivity index (χ2n) is 8.97. The Hall–Kier alpha value is -2.02. The summed E-state index contributed by atoms with van der Waals surface area (Å²) in [7, 11) is 1.61. The van der Waals surface area contributed by atoms with Gasteiger partial charge in [-0.15, -0.1) is 0 Å². The van der Waals surface area contributed by atoms with E-state index < -0.39 is 0 Å². The molecule has 7 heteroatoms. The van der Waals surface area contributed by atoms with Crippen molar-refractivity contribution in [1.82, 2.24) is 14.9 Å². The Labute approximate surface area is 179 Å². The molecule has 7 nitrogen and oxygen atoms in total. The highest BCUT2D eigenvalue weighted by Crippen LogP contribution is 2.36. The minimum atomic E-state index is -0.105. The fourth-order valence-corrected chi connectivity index (χ4v) is 5.23. The van der Waals surface area contributed by atoms with Gasteiger partial charge in [-0.25, -0.2) is 9.97 Å². The van der Waals surface area contributed by atoms with E-state index in [0.717, 1.165) is 43.0 Å². The van der Waals surface area contributed by atoms with E-state index in [9.17, 15) is 9.59 Å². The fraction of sp³-hybridized carbons (Fsp3) is 0.739. The van der Waals surface area contributed by atoms with E-state index in [1.165, 1.54) is 32.1 Å². The van der Waals surface area contributed by atoms with Crippen molar-refractivity contribution >= 4 is 17.6 Å². The Bertz CT molecular complexity index is 791. The fourth-order valence-electron chi connectivity index (χ4n) is 5.23. The molecule has 0 aromatic carbocycles. The van der Waals surface area contributed by atoms with Crippen LogP contribution in [0.5, 0.6) is 0 Å². The van der Waals surface area contributed by atoms with Crippen molar-refractivity contribution in [2.24, 2.45) is 5.92 Å². The molecule has 0 N–H and O–H groups in total. The summed E-state index contributed by atoms with van der Waals surface area (Å²) >= 11 is 0. The summed E-state index contributed by atoms with van der Waals surface area (Å²) in [6.07, 6.45) is 9.66. The van der Waals surface area contributed by atoms with Crippen LogP contribution in [-0.4, -0.2) is 53.5 Å². The van der Waals surface area contributed by atoms with Crippen molar-refractivity contribution in [3.63, 3.8) is 0 Å². The first-order valence-electron chi connectivity index (χ1n) is 11.5. The largest absolute Gasteiger partial charge is 0.384 e. The summed E-state index contributed by atoms with van der Waals surface area (Å²) in [4.78, 5) is 39.1. The Balaban J connectivity index is 1.61. The first-order chi connectivity index (χ1) is 14.6. The van der Waals surface area contributed by atoms with Gasteiger partial charge in [0.1, 0.15) is 5.82 Å². The van der Waals surface area contributed by atoms with Crippen LogP contribution in [0.2, 0.25) is 0 Å². The quantitative estimate of drug-likeness (QED) is 0.714. The van der Waals surface area contributed by atoms with E-state index in [1.54, 1.807) is 7.11 Å². The van der Waals surface area contributed by atoms with Gasteiger partial charge in [0.25, 0.3) is 0 Å². The summed E-state index contributed by atoms with van der Waals surface area (Å²) in [5.41, 5.74) is 2.05. The van der Waals surface area contributed by atoms with Gasteiger partial charge in [-0.05, 0) is 44.9 Å². The molecular formula is C23H34N4O3. The third kappa shape index (κ3) is 4.36. The lowest BCUT2D eigenvalue weighted by Gasteiger charge is -2.34. The van der Waals surface area contributed by atoms with Gasteiger partial charge in [-0.1, -0.05) is 19.3 Å². The number of rotatable bonds is 6. The zero-order valence-corrected chi connectivity index (χ0v) is 18.4. The summed E-state index contributed by atoms with van der Waals surface area (Å²) in [6, 6.07) is -0.105. The number of carbonyl (C=O) groups is 2. The molecule has 1 aromatic rings. The zero-order chi connectivity index (χ0) is 21.1. The van der Waals surface area contributed by atoms with Crippen molar-refractivity contribution in [1.29, 1.82) is 0 Å². The molecule has 2 amide bonds. The number of aryl methyl sites for hydroxylation is 1. The molecule has 4 rings (SSSR count). The number of ether oxygens (including phenoxy) is 1. The zero-order valence-electron chi connectivity index (χ0n) is 18.4. The van der Waals surface area contributed by atoms with Gasteiger partial charge in [0.2, 0.25) is 11.8 Å². The van der Waals surface area contributed by atoms with Gasteiger partial charge in [0, 0.05) is 37.9 Å². The van der Waals surface area contributed by atoms with Crippen molar-refractivity contribution in [2.45, 2.75) is 77.2 Å². The van der Waals surface area contributed by atoms with Crippen molar-refractivity contribution < 1.29 is 14.3 Å². The van der Waals surface area contributed by atoms with Crippen molar-refractivity contribution in [3.05, 3.63) is 17.1 Å². The van der Waals surface area contributed by atoms with Crippen LogP contribution in [0, 0.1) is 12.8 Å². The number of likely N-dealkylation sites (tertiary alicyclic amines) is 1. The highest BCUT2D eigenvalue weighted by molar-refractivity contribution is 5.95. The van der Waals surface area contributed by atoms with Crippen LogP contribution in [0.25, 0.3) is 0 Å². The average molecular weight is 415 g/mol. The second-order valence-corrected chi connectivity index (χ2v) is 8.97. The SMILES string of the molecule is COCCC(=O)N1CCC[C@H]1c1nc(C)c2c(n1)N(CC1CCCCC1)C(=O)CC2. The lowest BCUT2D eigenvalue weighted by atomic mass is 9.88. The molecule has 1 aliphatic carbocycles. The number of carbonyl (C=O) groups excluding carboxylic acids is 2. The number of hydrogen-bond acceptors (Lipinski definition) is 5. The van der Waals surface area contributed by atoms with E-state index in [0.29, 0.717) is 37.6 Å². The highest BCUT2D eigenvalue weighted by atomic mass is 16.5. The Morgan fingerprint density at radius 2 is 1.90 bits per heavy atom. The van der Waals surface area contributed by atoms with E-state index in [2.05, 4.69) is 0 Å². The lowest BCUT2D eigenvalue weighted by molar-refractivity contribution is -0.133. The number of amides is 2. The van der Waals surface area contributed by atoms with Crippen LogP contribution in [0.1, 0.15) is 80.9 Å². The first kappa shape index (κ1) is 21.2. The Morgan fingerprint density at radius 3 is 2.67 bits per heavy atom. The van der Waals surface area contributed by atoms with E-state index >= 15 is 0 Å². The third-order valence-electron chi connectivity index (χ3n) is 6.91. The van der Waals surface area contributed by atoms with Gasteiger partial charge in [0.05, 0.1) is 19.1 Å². The molecule has 2 aliphatic heterocycles. The Morgan fingerprint density at radius 1 is 1.10 bits per heavy atom. The molecule has 164 valence electrons. The van der Waals surface area contributed by atoms with Crippen LogP contribution in [0.4, 0.5) is 5.82 Å². The van der Waals surface area contributed by atoms with E-state index in [1.807, 2.05) is 16.7 Å². The lowest BCUT2D eigenvalue weighted by Crippen LogP contribution is -2.41. The van der Waals surface area contributed by atoms with Crippen LogP contribution < -0.4 is 4.90 Å². The van der Waals surface area contributed by atoms with Crippen molar-refractivity contribution in [3.8, 4) is 0 Å². The van der Waals surface area contributed by atoms with Crippen LogP contribution in [0.15, 0.2) is 0 Å². The predicted molar refractivity (Wildman–Crippen MR) is 114 cm³/mol. The van der Waals surface area contributed by atoms with Gasteiger partial charge in [-0.2, -0.15) is 0 Å². The molecule has 0 radical (unpaired) electrons. The summed E-state index contributed by atoms with van der Waals surface area (Å²) in [6.45, 7) is 3.95. The maximum atomic E-state index is 12.9. The first-order valence-corrected chi connectivity index (χ1v) is 11.5. The monoisotopic (exact) mass is 414 g/mol. The molecule has 1 saturated heterocycles. The predicted octanol–water partition coefficient (Wildman–Crippen LogP) is 3.34. The number of nitrogens with zero attached hydrogens (tertiary/aromatic N) is 4. The highest BCUT2D eigenvalue weighted by Gasteiger charge is 2.35. The maximum absolute atomic E-state index is 12.9. The summed E-state index contributed by atoms with van der Waals surface area (Å²) in [5.74, 6) is 2.32. The Kier molecular flexibility index (Phi) is 6.66. The smallest absolute Gasteiger partial charge is 0.228 e. The summed E-state index contributed by atoms with van der Waals surface area (Å²) in [5, 5.41) is 0. The molecule has 0 bridgehead atoms. The maximum Gasteiger partial charge on any atom is 0.228 e. The molecule has 30 heavy (non-hydrogen) atoms. The van der Waals surface area contributed by atoms with E-state index in [4.69, 9.17) is 14.7 Å². The van der Waals surface area contributed by atoms with E-state index in [-0.39, 0.29) is 17.9 Å². The summed E-state index contributed by atoms with van der Waals surface area (Å²) < 4.78 is 5.08. The minimum Gasteiger partial charge on any atom is -0.384 e. The molecule has 3 heterocycles. The minimum absolute atomic E-state index is 0.0912. The molecule has 0 unspecified atom stereocenters. The molecule has 3 aliphatic rings. The van der Waals surface area contributed by atoms with Crippen LogP contribution >= 0.6 is 0 Å². The molecule has 1 atom stereocenters. The third-order valence-corrected chi connectivity index (χ3v) is 6.91. The molecule has 0 spiro atoms. The number of hydrogen-bond donors (Lipinski definition) is 0. The van der Waals surface area contributed by atoms with Crippen molar-refractivity contribution in [2.75, 3.05) is 31.7 Å². The normalized spacial score (nSPS) is 22.5. The van der Waals surface area contributed by atoms with Gasteiger partial charge >= 0.3 is 0 Å². The molecule has 2 fully saturated rings. The number of fused-ring (bicyclic) bond motifs is 1. The van der Waals surface area contributed by atoms with Gasteiger partial charge < -0.3 is 9.64 Å². The standard InChI is InChI=1S/C23H34N4O3/c1-16-18-10-11-20(28)27(15-17-7-4-3-5-8-17)23(18)25-22(24-16)19-9-6-13-26(19)21(29)12-14-30-2/h17,19H,3-15H2,1-2H3/t19-/m0/s1. The molecule has 1 saturated carbocycles. The van der Waals surface area contributed by atoms with Gasteiger partial charge in [0.15, 0.2) is 5.82 Å².